The van der Waals surface area contributed by atoms with Crippen LogP contribution in [0.4, 0.5) is 15.8 Å². The standard InChI is InChI=1S/C18H17FN2O7/c1-11(28-14-6-3-12(19)4-7-14)18(23)27-10-17(22)20-15-9-13(21(24)25)5-8-16(15)26-2/h3-9,11H,10H2,1-2H3,(H,20,22)/t11-/m0/s1. The molecule has 0 saturated heterocycles. The van der Waals surface area contributed by atoms with Crippen LogP contribution >= 0.6 is 0 Å². The van der Waals surface area contributed by atoms with Crippen molar-refractivity contribution in [2.45, 2.75) is 13.0 Å². The number of halogens is 1. The minimum atomic E-state index is -1.04. The molecular weight excluding hydrogens is 375 g/mol. The van der Waals surface area contributed by atoms with Gasteiger partial charge in [0.25, 0.3) is 11.6 Å². The summed E-state index contributed by atoms with van der Waals surface area (Å²) in [6.07, 6.45) is -1.04. The first-order valence-corrected chi connectivity index (χ1v) is 8.01. The largest absolute Gasteiger partial charge is 0.495 e. The van der Waals surface area contributed by atoms with Gasteiger partial charge >= 0.3 is 5.97 Å². The molecule has 0 radical (unpaired) electrons. The number of carbonyl (C=O) groups excluding carboxylic acids is 2. The number of benzene rings is 2. The van der Waals surface area contributed by atoms with Crippen molar-refractivity contribution in [1.29, 1.82) is 0 Å². The Hall–Kier alpha value is -3.69. The van der Waals surface area contributed by atoms with E-state index in [0.717, 1.165) is 6.07 Å². The van der Waals surface area contributed by atoms with E-state index in [1.807, 2.05) is 0 Å². The maximum atomic E-state index is 12.9. The molecule has 1 atom stereocenters. The molecule has 2 rings (SSSR count). The molecule has 10 heteroatoms. The number of ether oxygens (including phenoxy) is 3. The molecule has 148 valence electrons. The number of carbonyl (C=O) groups is 2. The number of non-ortho nitro benzene ring substituents is 1. The van der Waals surface area contributed by atoms with E-state index in [0.29, 0.717) is 0 Å². The van der Waals surface area contributed by atoms with Gasteiger partial charge in [0, 0.05) is 12.1 Å². The zero-order chi connectivity index (χ0) is 20.7. The summed E-state index contributed by atoms with van der Waals surface area (Å²) in [5.74, 6) is -1.52. The number of nitro groups is 1. The number of hydrogen-bond acceptors (Lipinski definition) is 7. The Morgan fingerprint density at radius 1 is 1.21 bits per heavy atom. The second-order valence-electron chi connectivity index (χ2n) is 5.51. The third-order valence-electron chi connectivity index (χ3n) is 3.47. The normalized spacial score (nSPS) is 11.2. The summed E-state index contributed by atoms with van der Waals surface area (Å²) in [5.41, 5.74) is -0.178. The van der Waals surface area contributed by atoms with Crippen molar-refractivity contribution in [1.82, 2.24) is 0 Å². The minimum absolute atomic E-state index is 0.0633. The van der Waals surface area contributed by atoms with Crippen LogP contribution in [0.25, 0.3) is 0 Å². The van der Waals surface area contributed by atoms with Gasteiger partial charge < -0.3 is 19.5 Å². The average Bonchev–Trinajstić information content (AvgIpc) is 2.67. The molecule has 1 amide bonds. The number of rotatable bonds is 8. The molecule has 0 saturated carbocycles. The van der Waals surface area contributed by atoms with Gasteiger partial charge in [0.2, 0.25) is 0 Å². The maximum Gasteiger partial charge on any atom is 0.347 e. The molecule has 0 aliphatic carbocycles. The summed E-state index contributed by atoms with van der Waals surface area (Å²) < 4.78 is 28.0. The SMILES string of the molecule is COc1ccc([N+](=O)[O-])cc1NC(=O)COC(=O)[C@H](C)Oc1ccc(F)cc1. The van der Waals surface area contributed by atoms with Crippen LogP contribution in [0.2, 0.25) is 0 Å². The zero-order valence-corrected chi connectivity index (χ0v) is 15.0. The first-order chi connectivity index (χ1) is 13.3. The van der Waals surface area contributed by atoms with E-state index in [9.17, 15) is 24.1 Å². The number of nitro benzene ring substituents is 1. The van der Waals surface area contributed by atoms with Crippen LogP contribution in [-0.4, -0.2) is 36.6 Å². The van der Waals surface area contributed by atoms with Crippen molar-refractivity contribution in [3.8, 4) is 11.5 Å². The number of hydrogen-bond donors (Lipinski definition) is 1. The molecule has 2 aromatic carbocycles. The highest BCUT2D eigenvalue weighted by Gasteiger charge is 2.19. The van der Waals surface area contributed by atoms with Crippen LogP contribution < -0.4 is 14.8 Å². The van der Waals surface area contributed by atoms with E-state index < -0.39 is 35.3 Å². The van der Waals surface area contributed by atoms with E-state index in [2.05, 4.69) is 5.32 Å². The fraction of sp³-hybridized carbons (Fsp3) is 0.222. The molecule has 0 heterocycles. The monoisotopic (exact) mass is 392 g/mol. The molecule has 0 bridgehead atoms. The van der Waals surface area contributed by atoms with Crippen molar-refractivity contribution in [2.24, 2.45) is 0 Å². The quantitative estimate of drug-likeness (QED) is 0.417. The summed E-state index contributed by atoms with van der Waals surface area (Å²) >= 11 is 0. The first-order valence-electron chi connectivity index (χ1n) is 8.01. The fourth-order valence-corrected chi connectivity index (χ4v) is 2.11. The second kappa shape index (κ2) is 9.31. The van der Waals surface area contributed by atoms with Gasteiger partial charge in [0.1, 0.15) is 17.3 Å². The van der Waals surface area contributed by atoms with Gasteiger partial charge in [-0.1, -0.05) is 0 Å². The van der Waals surface area contributed by atoms with Gasteiger partial charge in [-0.2, -0.15) is 0 Å². The molecule has 0 spiro atoms. The highest BCUT2D eigenvalue weighted by Crippen LogP contribution is 2.28. The van der Waals surface area contributed by atoms with Gasteiger partial charge in [0.15, 0.2) is 12.7 Å². The number of esters is 1. The first kappa shape index (κ1) is 20.6. The lowest BCUT2D eigenvalue weighted by atomic mass is 10.2. The predicted octanol–water partition coefficient (Wildman–Crippen LogP) is 2.69. The Labute approximate surface area is 159 Å². The topological polar surface area (TPSA) is 117 Å². The highest BCUT2D eigenvalue weighted by molar-refractivity contribution is 5.94. The van der Waals surface area contributed by atoms with E-state index in [1.54, 1.807) is 0 Å². The minimum Gasteiger partial charge on any atom is -0.495 e. The van der Waals surface area contributed by atoms with Crippen LogP contribution in [0.15, 0.2) is 42.5 Å². The molecule has 28 heavy (non-hydrogen) atoms. The Morgan fingerprint density at radius 3 is 2.50 bits per heavy atom. The van der Waals surface area contributed by atoms with Gasteiger partial charge in [-0.25, -0.2) is 9.18 Å². The number of nitrogens with one attached hydrogen (secondary N) is 1. The summed E-state index contributed by atoms with van der Waals surface area (Å²) in [6, 6.07) is 8.72. The van der Waals surface area contributed by atoms with Crippen LogP contribution in [-0.2, 0) is 14.3 Å². The average molecular weight is 392 g/mol. The van der Waals surface area contributed by atoms with Crippen molar-refractivity contribution >= 4 is 23.3 Å². The van der Waals surface area contributed by atoms with Crippen LogP contribution in [0.5, 0.6) is 11.5 Å². The maximum absolute atomic E-state index is 12.9. The number of amides is 1. The van der Waals surface area contributed by atoms with E-state index in [1.165, 1.54) is 50.4 Å². The van der Waals surface area contributed by atoms with Crippen LogP contribution in [0.3, 0.4) is 0 Å². The lowest BCUT2D eigenvalue weighted by molar-refractivity contribution is -0.384. The third-order valence-corrected chi connectivity index (χ3v) is 3.47. The van der Waals surface area contributed by atoms with Crippen LogP contribution in [0, 0.1) is 15.9 Å². The van der Waals surface area contributed by atoms with Crippen molar-refractivity contribution in [3.05, 3.63) is 58.4 Å². The predicted molar refractivity (Wildman–Crippen MR) is 95.7 cm³/mol. The molecule has 0 aliphatic rings. The molecule has 0 aromatic heterocycles. The second-order valence-corrected chi connectivity index (χ2v) is 5.51. The van der Waals surface area contributed by atoms with Crippen molar-refractivity contribution in [2.75, 3.05) is 19.0 Å². The highest BCUT2D eigenvalue weighted by atomic mass is 19.1. The van der Waals surface area contributed by atoms with Gasteiger partial charge in [-0.3, -0.25) is 14.9 Å². The molecule has 2 aromatic rings. The summed E-state index contributed by atoms with van der Waals surface area (Å²) in [6.45, 7) is 0.773. The number of anilines is 1. The Balaban J connectivity index is 1.91. The van der Waals surface area contributed by atoms with Crippen molar-refractivity contribution in [3.63, 3.8) is 0 Å². The van der Waals surface area contributed by atoms with Gasteiger partial charge in [-0.15, -0.1) is 0 Å². The molecule has 0 unspecified atom stereocenters. The molecule has 9 nitrogen and oxygen atoms in total. The summed E-state index contributed by atoms with van der Waals surface area (Å²) in [7, 11) is 1.34. The molecule has 0 fully saturated rings. The summed E-state index contributed by atoms with van der Waals surface area (Å²) in [4.78, 5) is 34.1. The molecular formula is C18H17FN2O7. The number of methoxy groups -OCH3 is 1. The summed E-state index contributed by atoms with van der Waals surface area (Å²) in [5, 5.41) is 13.2. The fourth-order valence-electron chi connectivity index (χ4n) is 2.11. The third kappa shape index (κ3) is 5.66. The van der Waals surface area contributed by atoms with E-state index in [-0.39, 0.29) is 22.9 Å². The smallest absolute Gasteiger partial charge is 0.347 e. The Bertz CT molecular complexity index is 871. The van der Waals surface area contributed by atoms with Crippen LogP contribution in [0.1, 0.15) is 6.92 Å². The lowest BCUT2D eigenvalue weighted by Gasteiger charge is -2.14. The van der Waals surface area contributed by atoms with E-state index in [4.69, 9.17) is 14.2 Å². The van der Waals surface area contributed by atoms with E-state index >= 15 is 0 Å². The molecule has 1 N–H and O–H groups in total. The Kier molecular flexibility index (Phi) is 6.85. The Morgan fingerprint density at radius 2 is 1.89 bits per heavy atom. The molecule has 0 aliphatic heterocycles. The lowest BCUT2D eigenvalue weighted by Crippen LogP contribution is -2.29. The van der Waals surface area contributed by atoms with Gasteiger partial charge in [0.05, 0.1) is 17.7 Å². The van der Waals surface area contributed by atoms with Crippen molar-refractivity contribution < 1.29 is 33.1 Å². The number of nitrogens with zero attached hydrogens (tertiary/aromatic N) is 1. The van der Waals surface area contributed by atoms with Gasteiger partial charge in [-0.05, 0) is 37.3 Å². The zero-order valence-electron chi connectivity index (χ0n) is 15.0.